The molecule has 1 aliphatic rings. The summed E-state index contributed by atoms with van der Waals surface area (Å²) in [5, 5.41) is 2.71. The minimum atomic E-state index is -1.00. The fraction of sp³-hybridized carbons (Fsp3) is 0.385. The number of benzene rings is 1. The van der Waals surface area contributed by atoms with Gasteiger partial charge in [-0.15, -0.1) is 0 Å². The van der Waals surface area contributed by atoms with Crippen LogP contribution >= 0.6 is 0 Å². The second-order valence-corrected chi connectivity index (χ2v) is 4.23. The molecule has 0 aromatic heterocycles. The second-order valence-electron chi connectivity index (χ2n) is 4.23. The van der Waals surface area contributed by atoms with Crippen LogP contribution in [0.3, 0.4) is 0 Å². The number of anilines is 1. The number of methoxy groups -OCH3 is 2. The van der Waals surface area contributed by atoms with Crippen molar-refractivity contribution in [2.75, 3.05) is 19.5 Å². The lowest BCUT2D eigenvalue weighted by Crippen LogP contribution is -2.32. The van der Waals surface area contributed by atoms with E-state index in [4.69, 9.17) is 4.74 Å². The number of ether oxygens (including phenoxy) is 2. The van der Waals surface area contributed by atoms with Crippen molar-refractivity contribution in [2.24, 2.45) is 5.41 Å². The number of rotatable bonds is 4. The molecule has 1 fully saturated rings. The highest BCUT2D eigenvalue weighted by molar-refractivity contribution is 6.11. The predicted molar refractivity (Wildman–Crippen MR) is 65.3 cm³/mol. The van der Waals surface area contributed by atoms with Crippen LogP contribution in [-0.2, 0) is 14.3 Å². The van der Waals surface area contributed by atoms with E-state index in [1.807, 2.05) is 6.07 Å². The minimum Gasteiger partial charge on any atom is -0.495 e. The summed E-state index contributed by atoms with van der Waals surface area (Å²) in [6.45, 7) is 0. The molecular formula is C13H15NO4. The van der Waals surface area contributed by atoms with Crippen LogP contribution in [0.25, 0.3) is 0 Å². The van der Waals surface area contributed by atoms with Gasteiger partial charge in [-0.3, -0.25) is 9.59 Å². The largest absolute Gasteiger partial charge is 0.495 e. The van der Waals surface area contributed by atoms with Crippen LogP contribution in [0.2, 0.25) is 0 Å². The van der Waals surface area contributed by atoms with E-state index in [2.05, 4.69) is 10.1 Å². The molecule has 0 atom stereocenters. The molecule has 5 nitrogen and oxygen atoms in total. The highest BCUT2D eigenvalue weighted by Crippen LogP contribution is 2.47. The van der Waals surface area contributed by atoms with Gasteiger partial charge in [0.05, 0.1) is 19.9 Å². The van der Waals surface area contributed by atoms with Gasteiger partial charge in [-0.1, -0.05) is 12.1 Å². The monoisotopic (exact) mass is 249 g/mol. The van der Waals surface area contributed by atoms with Crippen LogP contribution < -0.4 is 10.1 Å². The summed E-state index contributed by atoms with van der Waals surface area (Å²) in [5.41, 5.74) is -0.449. The van der Waals surface area contributed by atoms with Crippen LogP contribution in [0, 0.1) is 5.41 Å². The standard InChI is InChI=1S/C13H15NO4/c1-17-10-6-4-3-5-9(10)14-11(15)13(7-8-13)12(16)18-2/h3-6H,7-8H2,1-2H3,(H,14,15). The molecule has 0 unspecified atom stereocenters. The zero-order valence-corrected chi connectivity index (χ0v) is 10.4. The molecule has 1 saturated carbocycles. The third-order valence-electron chi connectivity index (χ3n) is 3.12. The summed E-state index contributed by atoms with van der Waals surface area (Å²) in [5.74, 6) is -0.250. The van der Waals surface area contributed by atoms with Crippen molar-refractivity contribution < 1.29 is 19.1 Å². The molecule has 0 radical (unpaired) electrons. The van der Waals surface area contributed by atoms with Crippen molar-refractivity contribution in [1.82, 2.24) is 0 Å². The molecule has 5 heteroatoms. The molecule has 0 aliphatic heterocycles. The maximum absolute atomic E-state index is 12.1. The molecule has 1 aliphatic carbocycles. The molecule has 0 saturated heterocycles. The van der Waals surface area contributed by atoms with Crippen molar-refractivity contribution in [2.45, 2.75) is 12.8 Å². The molecule has 18 heavy (non-hydrogen) atoms. The molecule has 0 spiro atoms. The Kier molecular flexibility index (Phi) is 3.23. The van der Waals surface area contributed by atoms with Crippen molar-refractivity contribution in [1.29, 1.82) is 0 Å². The maximum Gasteiger partial charge on any atom is 0.321 e. The van der Waals surface area contributed by atoms with Crippen LogP contribution in [0.15, 0.2) is 24.3 Å². The number of hydrogen-bond donors (Lipinski definition) is 1. The van der Waals surface area contributed by atoms with Crippen LogP contribution in [0.4, 0.5) is 5.69 Å². The normalized spacial score (nSPS) is 15.7. The van der Waals surface area contributed by atoms with E-state index < -0.39 is 11.4 Å². The Hall–Kier alpha value is -2.04. The summed E-state index contributed by atoms with van der Waals surface area (Å²) in [4.78, 5) is 23.7. The number of hydrogen-bond acceptors (Lipinski definition) is 4. The third kappa shape index (κ3) is 2.03. The van der Waals surface area contributed by atoms with Crippen molar-refractivity contribution in [3.63, 3.8) is 0 Å². The van der Waals surface area contributed by atoms with Gasteiger partial charge < -0.3 is 14.8 Å². The highest BCUT2D eigenvalue weighted by Gasteiger charge is 2.57. The average molecular weight is 249 g/mol. The Morgan fingerprint density at radius 2 is 1.89 bits per heavy atom. The van der Waals surface area contributed by atoms with Gasteiger partial charge in [0.25, 0.3) is 0 Å². The minimum absolute atomic E-state index is 0.334. The SMILES string of the molecule is COC(=O)C1(C(=O)Nc2ccccc2OC)CC1. The molecule has 1 N–H and O–H groups in total. The van der Waals surface area contributed by atoms with Gasteiger partial charge in [-0.05, 0) is 25.0 Å². The van der Waals surface area contributed by atoms with Crippen molar-refractivity contribution >= 4 is 17.6 Å². The Bertz CT molecular complexity index is 480. The molecule has 2 rings (SSSR count). The van der Waals surface area contributed by atoms with Gasteiger partial charge in [0, 0.05) is 0 Å². The van der Waals surface area contributed by atoms with Gasteiger partial charge in [-0.2, -0.15) is 0 Å². The van der Waals surface area contributed by atoms with Crippen molar-refractivity contribution in [3.05, 3.63) is 24.3 Å². The lowest BCUT2D eigenvalue weighted by molar-refractivity contribution is -0.150. The van der Waals surface area contributed by atoms with E-state index in [1.54, 1.807) is 18.2 Å². The highest BCUT2D eigenvalue weighted by atomic mass is 16.5. The molecule has 96 valence electrons. The Balaban J connectivity index is 2.15. The fourth-order valence-electron chi connectivity index (χ4n) is 1.83. The Morgan fingerprint density at radius 1 is 1.22 bits per heavy atom. The van der Waals surface area contributed by atoms with E-state index >= 15 is 0 Å². The first-order chi connectivity index (χ1) is 8.64. The van der Waals surface area contributed by atoms with Gasteiger partial charge in [-0.25, -0.2) is 0 Å². The first kappa shape index (κ1) is 12.4. The van der Waals surface area contributed by atoms with E-state index in [0.717, 1.165) is 0 Å². The molecule has 0 heterocycles. The summed E-state index contributed by atoms with van der Waals surface area (Å²) < 4.78 is 9.80. The van der Waals surface area contributed by atoms with Crippen molar-refractivity contribution in [3.8, 4) is 5.75 Å². The summed E-state index contributed by atoms with van der Waals surface area (Å²) in [6, 6.07) is 7.06. The van der Waals surface area contributed by atoms with Gasteiger partial charge in [0.1, 0.15) is 11.2 Å². The topological polar surface area (TPSA) is 64.6 Å². The summed E-state index contributed by atoms with van der Waals surface area (Å²) >= 11 is 0. The Labute approximate surface area is 105 Å². The first-order valence-electron chi connectivity index (χ1n) is 5.67. The number of carbonyl (C=O) groups excluding carboxylic acids is 2. The predicted octanol–water partition coefficient (Wildman–Crippen LogP) is 1.59. The zero-order chi connectivity index (χ0) is 13.2. The molecule has 1 aromatic rings. The molecule has 0 bridgehead atoms. The van der Waals surface area contributed by atoms with E-state index in [1.165, 1.54) is 14.2 Å². The average Bonchev–Trinajstić information content (AvgIpc) is 3.20. The quantitative estimate of drug-likeness (QED) is 0.650. The fourth-order valence-corrected chi connectivity index (χ4v) is 1.83. The Morgan fingerprint density at radius 3 is 2.44 bits per heavy atom. The van der Waals surface area contributed by atoms with Crippen LogP contribution in [0.5, 0.6) is 5.75 Å². The molecule has 1 amide bonds. The maximum atomic E-state index is 12.1. The van der Waals surface area contributed by atoms with Crippen LogP contribution in [-0.4, -0.2) is 26.1 Å². The smallest absolute Gasteiger partial charge is 0.321 e. The van der Waals surface area contributed by atoms with E-state index in [0.29, 0.717) is 24.3 Å². The van der Waals surface area contributed by atoms with Gasteiger partial charge in [0.2, 0.25) is 5.91 Å². The first-order valence-corrected chi connectivity index (χ1v) is 5.67. The van der Waals surface area contributed by atoms with E-state index in [9.17, 15) is 9.59 Å². The summed E-state index contributed by atoms with van der Waals surface area (Å²) in [7, 11) is 2.82. The lowest BCUT2D eigenvalue weighted by atomic mass is 10.1. The number of para-hydroxylation sites is 2. The van der Waals surface area contributed by atoms with E-state index in [-0.39, 0.29) is 5.91 Å². The van der Waals surface area contributed by atoms with Gasteiger partial charge in [0.15, 0.2) is 0 Å². The number of nitrogens with one attached hydrogen (secondary N) is 1. The zero-order valence-electron chi connectivity index (χ0n) is 10.4. The number of esters is 1. The molecule has 1 aromatic carbocycles. The lowest BCUT2D eigenvalue weighted by Gasteiger charge is -2.14. The third-order valence-corrected chi connectivity index (χ3v) is 3.12. The second kappa shape index (κ2) is 4.68. The summed E-state index contributed by atoms with van der Waals surface area (Å²) in [6.07, 6.45) is 1.06. The van der Waals surface area contributed by atoms with Crippen LogP contribution in [0.1, 0.15) is 12.8 Å². The van der Waals surface area contributed by atoms with Gasteiger partial charge >= 0.3 is 5.97 Å². The number of carbonyl (C=O) groups is 2. The number of amides is 1. The molecular weight excluding hydrogens is 234 g/mol.